The predicted octanol–water partition coefficient (Wildman–Crippen LogP) is 2.92. The molecule has 5 N–H and O–H groups in total. The van der Waals surface area contributed by atoms with Gasteiger partial charge in [0.2, 0.25) is 0 Å². The van der Waals surface area contributed by atoms with Crippen LogP contribution >= 0.6 is 0 Å². The number of carbonyl (C=O) groups is 1. The van der Waals surface area contributed by atoms with Crippen molar-refractivity contribution in [2.24, 2.45) is 46.3 Å². The Kier molecular flexibility index (Phi) is 6.23. The predicted molar refractivity (Wildman–Crippen MR) is 113 cm³/mol. The molecule has 0 bridgehead atoms. The SMILES string of the molecule is C[C@H](CCC(=O)O)[C@H]1CC[C@H]2[C@@H]3[C@H](O)C[C@@H]4C[C@H](O)CC(OO)[C@]4(C)[C@H]3C[C@H](O)[C@]12C. The first-order valence-electron chi connectivity index (χ1n) is 12.1. The van der Waals surface area contributed by atoms with Crippen molar-refractivity contribution in [2.45, 2.75) is 96.6 Å². The van der Waals surface area contributed by atoms with Crippen molar-refractivity contribution in [3.63, 3.8) is 0 Å². The third-order valence-corrected chi connectivity index (χ3v) is 10.5. The van der Waals surface area contributed by atoms with Crippen LogP contribution in [0.1, 0.15) is 72.1 Å². The summed E-state index contributed by atoms with van der Waals surface area (Å²) < 4.78 is 0. The Labute approximate surface area is 184 Å². The van der Waals surface area contributed by atoms with Gasteiger partial charge >= 0.3 is 5.97 Å². The lowest BCUT2D eigenvalue weighted by Gasteiger charge is -2.64. The fourth-order valence-corrected chi connectivity index (χ4v) is 8.88. The van der Waals surface area contributed by atoms with Crippen molar-refractivity contribution in [3.05, 3.63) is 0 Å². The molecule has 1 unspecified atom stereocenters. The van der Waals surface area contributed by atoms with Crippen molar-refractivity contribution in [2.75, 3.05) is 0 Å². The molecule has 7 nitrogen and oxygen atoms in total. The first kappa shape index (κ1) is 23.4. The summed E-state index contributed by atoms with van der Waals surface area (Å²) in [4.78, 5) is 16.0. The second-order valence-corrected chi connectivity index (χ2v) is 11.6. The van der Waals surface area contributed by atoms with Crippen LogP contribution in [-0.4, -0.2) is 56.1 Å². The van der Waals surface area contributed by atoms with E-state index in [0.717, 1.165) is 12.8 Å². The molecule has 4 saturated carbocycles. The van der Waals surface area contributed by atoms with Gasteiger partial charge in [0.25, 0.3) is 0 Å². The minimum absolute atomic E-state index is 0.00653. The Hall–Kier alpha value is -0.730. The van der Waals surface area contributed by atoms with E-state index in [1.807, 2.05) is 0 Å². The van der Waals surface area contributed by atoms with Crippen LogP contribution in [0.3, 0.4) is 0 Å². The molecule has 7 heteroatoms. The Morgan fingerprint density at radius 3 is 2.39 bits per heavy atom. The number of aliphatic carboxylic acids is 1. The quantitative estimate of drug-likeness (QED) is 0.328. The van der Waals surface area contributed by atoms with Crippen LogP contribution in [0.25, 0.3) is 0 Å². The number of hydrogen-bond acceptors (Lipinski definition) is 6. The fraction of sp³-hybridized carbons (Fsp3) is 0.958. The van der Waals surface area contributed by atoms with E-state index in [-0.39, 0.29) is 47.3 Å². The normalized spacial score (nSPS) is 52.7. The maximum absolute atomic E-state index is 11.5. The van der Waals surface area contributed by atoms with Gasteiger partial charge in [-0.25, -0.2) is 4.89 Å². The van der Waals surface area contributed by atoms with Crippen molar-refractivity contribution >= 4 is 5.97 Å². The third kappa shape index (κ3) is 3.46. The van der Waals surface area contributed by atoms with Gasteiger partial charge in [-0.2, -0.15) is 0 Å². The standard InChI is InChI=1S/C24H40O7/c1-12(4-7-21(28)29)15-5-6-16-22-17(11-19(27)24(15,16)3)23(2)13(9-18(22)26)8-14(25)10-20(23)31-30/h12-20,22,25-27,30H,4-11H2,1-3H3,(H,28,29)/t12-,13+,14+,15-,16+,17+,18-,19+,20?,22+,23+,24-/m1/s1. The molecule has 4 rings (SSSR count). The molecule has 4 aliphatic rings. The number of aliphatic hydroxyl groups excluding tert-OH is 3. The molecule has 0 aromatic heterocycles. The van der Waals surface area contributed by atoms with Gasteiger partial charge in [0.05, 0.1) is 18.3 Å². The summed E-state index contributed by atoms with van der Waals surface area (Å²) in [7, 11) is 0. The minimum atomic E-state index is -0.785. The van der Waals surface area contributed by atoms with Crippen molar-refractivity contribution < 1.29 is 35.4 Å². The second-order valence-electron chi connectivity index (χ2n) is 11.6. The molecule has 12 atom stereocenters. The Morgan fingerprint density at radius 1 is 1.03 bits per heavy atom. The highest BCUT2D eigenvalue weighted by Gasteiger charge is 2.67. The van der Waals surface area contributed by atoms with Crippen LogP contribution in [0, 0.1) is 46.3 Å². The summed E-state index contributed by atoms with van der Waals surface area (Å²) in [6.07, 6.45) is 2.56. The average Bonchev–Trinajstić information content (AvgIpc) is 3.06. The first-order valence-corrected chi connectivity index (χ1v) is 12.1. The van der Waals surface area contributed by atoms with Crippen LogP contribution in [-0.2, 0) is 9.68 Å². The highest BCUT2D eigenvalue weighted by Crippen LogP contribution is 2.68. The summed E-state index contributed by atoms with van der Waals surface area (Å²) in [5.41, 5.74) is -0.764. The molecule has 0 heterocycles. The molecule has 0 amide bonds. The second kappa shape index (κ2) is 8.24. The van der Waals surface area contributed by atoms with Gasteiger partial charge in [-0.1, -0.05) is 20.8 Å². The summed E-state index contributed by atoms with van der Waals surface area (Å²) in [5.74, 6) is -0.160. The molecule has 4 aliphatic carbocycles. The fourth-order valence-electron chi connectivity index (χ4n) is 8.88. The van der Waals surface area contributed by atoms with Gasteiger partial charge < -0.3 is 20.4 Å². The van der Waals surface area contributed by atoms with Gasteiger partial charge in [0.15, 0.2) is 0 Å². The number of carboxylic acid groups (broad SMARTS) is 1. The van der Waals surface area contributed by atoms with Crippen LogP contribution in [0.4, 0.5) is 0 Å². The molecule has 0 aromatic rings. The molecular weight excluding hydrogens is 400 g/mol. The molecule has 0 saturated heterocycles. The Morgan fingerprint density at radius 2 is 1.74 bits per heavy atom. The number of hydrogen-bond donors (Lipinski definition) is 5. The zero-order valence-corrected chi connectivity index (χ0v) is 19.0. The summed E-state index contributed by atoms with van der Waals surface area (Å²) in [6, 6.07) is 0. The number of fused-ring (bicyclic) bond motifs is 5. The average molecular weight is 441 g/mol. The lowest BCUT2D eigenvalue weighted by molar-refractivity contribution is -0.345. The van der Waals surface area contributed by atoms with E-state index in [4.69, 9.17) is 9.99 Å². The smallest absolute Gasteiger partial charge is 0.303 e. The van der Waals surface area contributed by atoms with E-state index in [1.165, 1.54) is 0 Å². The molecule has 0 radical (unpaired) electrons. The van der Waals surface area contributed by atoms with E-state index in [2.05, 4.69) is 20.8 Å². The molecule has 178 valence electrons. The lowest BCUT2D eigenvalue weighted by atomic mass is 9.42. The van der Waals surface area contributed by atoms with Crippen molar-refractivity contribution in [1.29, 1.82) is 0 Å². The van der Waals surface area contributed by atoms with Crippen LogP contribution in [0.2, 0.25) is 0 Å². The van der Waals surface area contributed by atoms with E-state index in [9.17, 15) is 25.4 Å². The summed E-state index contributed by atoms with van der Waals surface area (Å²) in [5, 5.41) is 52.0. The van der Waals surface area contributed by atoms with Crippen LogP contribution < -0.4 is 0 Å². The zero-order chi connectivity index (χ0) is 22.7. The molecule has 31 heavy (non-hydrogen) atoms. The Balaban J connectivity index is 1.65. The van der Waals surface area contributed by atoms with Gasteiger partial charge in [-0.15, -0.1) is 0 Å². The maximum atomic E-state index is 11.5. The summed E-state index contributed by atoms with van der Waals surface area (Å²) in [6.45, 7) is 6.37. The molecule has 0 aromatic carbocycles. The van der Waals surface area contributed by atoms with Crippen LogP contribution in [0.5, 0.6) is 0 Å². The first-order chi connectivity index (χ1) is 14.5. The lowest BCUT2D eigenvalue weighted by Crippen LogP contribution is -2.65. The van der Waals surface area contributed by atoms with Gasteiger partial charge in [-0.3, -0.25) is 10.1 Å². The van der Waals surface area contributed by atoms with Crippen LogP contribution in [0.15, 0.2) is 0 Å². The maximum Gasteiger partial charge on any atom is 0.303 e. The highest BCUT2D eigenvalue weighted by atomic mass is 17.1. The van der Waals surface area contributed by atoms with E-state index >= 15 is 0 Å². The monoisotopic (exact) mass is 440 g/mol. The third-order valence-electron chi connectivity index (χ3n) is 10.5. The topological polar surface area (TPSA) is 127 Å². The number of carboxylic acids is 1. The van der Waals surface area contributed by atoms with E-state index < -0.39 is 35.8 Å². The van der Waals surface area contributed by atoms with Gasteiger partial charge in [-0.05, 0) is 79.4 Å². The molecule has 0 aliphatic heterocycles. The largest absolute Gasteiger partial charge is 0.481 e. The van der Waals surface area contributed by atoms with E-state index in [1.54, 1.807) is 0 Å². The number of aliphatic hydroxyl groups is 3. The van der Waals surface area contributed by atoms with E-state index in [0.29, 0.717) is 32.1 Å². The number of rotatable bonds is 5. The highest BCUT2D eigenvalue weighted by molar-refractivity contribution is 5.66. The molecule has 4 fully saturated rings. The zero-order valence-electron chi connectivity index (χ0n) is 19.0. The summed E-state index contributed by atoms with van der Waals surface area (Å²) >= 11 is 0. The molecule has 0 spiro atoms. The minimum Gasteiger partial charge on any atom is -0.481 e. The molecular formula is C24H40O7. The van der Waals surface area contributed by atoms with Gasteiger partial charge in [0.1, 0.15) is 6.10 Å². The Bertz CT molecular complexity index is 685. The van der Waals surface area contributed by atoms with Crippen molar-refractivity contribution in [3.8, 4) is 0 Å². The van der Waals surface area contributed by atoms with Crippen molar-refractivity contribution in [1.82, 2.24) is 0 Å². The van der Waals surface area contributed by atoms with Gasteiger partial charge in [0, 0.05) is 18.3 Å².